The summed E-state index contributed by atoms with van der Waals surface area (Å²) < 4.78 is 10.3. The molecule has 0 spiro atoms. The van der Waals surface area contributed by atoms with E-state index in [9.17, 15) is 29.7 Å². The Hall–Kier alpha value is -2.03. The molecule has 296 valence electrons. The average molecular weight is 721 g/mol. The molecule has 1 rings (SSSR count). The van der Waals surface area contributed by atoms with Gasteiger partial charge in [-0.25, -0.2) is 0 Å². The van der Waals surface area contributed by atoms with E-state index in [0.29, 0.717) is 32.1 Å². The fourth-order valence-corrected chi connectivity index (χ4v) is 6.72. The van der Waals surface area contributed by atoms with E-state index in [-0.39, 0.29) is 43.7 Å². The van der Waals surface area contributed by atoms with E-state index in [1.165, 1.54) is 77.0 Å². The van der Waals surface area contributed by atoms with Gasteiger partial charge in [0.1, 0.15) is 25.1 Å². The number of ether oxygens (including phenoxy) is 2. The van der Waals surface area contributed by atoms with Gasteiger partial charge in [-0.1, -0.05) is 154 Å². The first-order valence-corrected chi connectivity index (χ1v) is 20.8. The van der Waals surface area contributed by atoms with Gasteiger partial charge in [-0.15, -0.1) is 0 Å². The zero-order valence-electron chi connectivity index (χ0n) is 32.7. The molecule has 0 unspecified atom stereocenters. The zero-order valence-corrected chi connectivity index (χ0v) is 32.7. The second-order valence-corrected chi connectivity index (χ2v) is 15.4. The van der Waals surface area contributed by atoms with Crippen LogP contribution in [0.1, 0.15) is 181 Å². The summed E-state index contributed by atoms with van der Waals surface area (Å²) in [5.41, 5.74) is 0. The van der Waals surface area contributed by atoms with Crippen molar-refractivity contribution >= 4 is 17.7 Å². The fourth-order valence-electron chi connectivity index (χ4n) is 6.72. The molecule has 3 N–H and O–H groups in total. The second kappa shape index (κ2) is 31.5. The van der Waals surface area contributed by atoms with Crippen LogP contribution >= 0.6 is 0 Å². The third-order valence-electron chi connectivity index (χ3n) is 9.99. The molecule has 8 heteroatoms. The van der Waals surface area contributed by atoms with Gasteiger partial charge in [-0.2, -0.15) is 0 Å². The lowest BCUT2D eigenvalue weighted by Crippen LogP contribution is -2.25. The van der Waals surface area contributed by atoms with E-state index in [0.717, 1.165) is 44.4 Å². The number of hydrogen-bond acceptors (Lipinski definition) is 8. The van der Waals surface area contributed by atoms with Crippen LogP contribution < -0.4 is 0 Å². The Balaban J connectivity index is 2.01. The summed E-state index contributed by atoms with van der Waals surface area (Å²) in [6, 6.07) is 0. The molecule has 0 aromatic rings. The first-order valence-electron chi connectivity index (χ1n) is 20.8. The van der Waals surface area contributed by atoms with Crippen LogP contribution in [0.25, 0.3) is 0 Å². The molecule has 1 fully saturated rings. The molecule has 0 aliphatic heterocycles. The number of unbranched alkanes of at least 4 members (excludes halogenated alkanes) is 16. The zero-order chi connectivity index (χ0) is 37.5. The summed E-state index contributed by atoms with van der Waals surface area (Å²) in [6.07, 6.45) is 30.3. The lowest BCUT2D eigenvalue weighted by atomic mass is 9.90. The van der Waals surface area contributed by atoms with E-state index < -0.39 is 30.2 Å². The number of aliphatic hydroxyl groups is 3. The van der Waals surface area contributed by atoms with Crippen LogP contribution in [0.2, 0.25) is 0 Å². The Morgan fingerprint density at radius 3 is 1.78 bits per heavy atom. The summed E-state index contributed by atoms with van der Waals surface area (Å²) in [7, 11) is 0. The minimum Gasteiger partial charge on any atom is -0.463 e. The molecule has 0 aromatic heterocycles. The van der Waals surface area contributed by atoms with Crippen molar-refractivity contribution in [1.29, 1.82) is 0 Å². The molecule has 1 saturated carbocycles. The molecule has 0 heterocycles. The first-order chi connectivity index (χ1) is 24.6. The SMILES string of the molecule is CCCCC[C@H](O)/C=C/[C@H]1C(=O)C[C@H](O)[C@@H]1C/C=C\CCCC(=O)OC[C@H](O)COC(=O)CCCCCCCCCCCCCCCCC(C)C. The molecule has 0 bridgehead atoms. The van der Waals surface area contributed by atoms with Crippen LogP contribution in [-0.4, -0.2) is 64.6 Å². The number of hydrogen-bond donors (Lipinski definition) is 3. The minimum absolute atomic E-state index is 0.00265. The molecule has 1 aliphatic carbocycles. The minimum atomic E-state index is -1.05. The van der Waals surface area contributed by atoms with Crippen molar-refractivity contribution in [3.05, 3.63) is 24.3 Å². The van der Waals surface area contributed by atoms with Gasteiger partial charge in [0.15, 0.2) is 0 Å². The molecule has 0 amide bonds. The summed E-state index contributed by atoms with van der Waals surface area (Å²) >= 11 is 0. The summed E-state index contributed by atoms with van der Waals surface area (Å²) in [5, 5.41) is 30.6. The number of allylic oxidation sites excluding steroid dienone is 3. The number of carbonyl (C=O) groups is 3. The largest absolute Gasteiger partial charge is 0.463 e. The third-order valence-corrected chi connectivity index (χ3v) is 9.99. The van der Waals surface area contributed by atoms with Crippen molar-refractivity contribution < 1.29 is 39.2 Å². The van der Waals surface area contributed by atoms with Crippen molar-refractivity contribution in [1.82, 2.24) is 0 Å². The summed E-state index contributed by atoms with van der Waals surface area (Å²) in [5.74, 6) is -0.520. The van der Waals surface area contributed by atoms with Crippen molar-refractivity contribution in [2.45, 2.75) is 200 Å². The maximum Gasteiger partial charge on any atom is 0.305 e. The quantitative estimate of drug-likeness (QED) is 0.0347. The fraction of sp³-hybridized carbons (Fsp3) is 0.837. The van der Waals surface area contributed by atoms with E-state index in [2.05, 4.69) is 20.8 Å². The molecule has 5 atom stereocenters. The molecule has 8 nitrogen and oxygen atoms in total. The van der Waals surface area contributed by atoms with Gasteiger partial charge in [0.2, 0.25) is 0 Å². The van der Waals surface area contributed by atoms with Crippen molar-refractivity contribution in [2.75, 3.05) is 13.2 Å². The number of Topliss-reactive ketones (excluding diaryl/α,β-unsaturated/α-hetero) is 1. The van der Waals surface area contributed by atoms with Gasteiger partial charge in [0.25, 0.3) is 0 Å². The Morgan fingerprint density at radius 1 is 0.725 bits per heavy atom. The van der Waals surface area contributed by atoms with E-state index in [1.54, 1.807) is 12.2 Å². The molecule has 51 heavy (non-hydrogen) atoms. The highest BCUT2D eigenvalue weighted by atomic mass is 16.6. The maximum absolute atomic E-state index is 12.4. The van der Waals surface area contributed by atoms with E-state index in [4.69, 9.17) is 9.47 Å². The van der Waals surface area contributed by atoms with Crippen LogP contribution in [-0.2, 0) is 23.9 Å². The van der Waals surface area contributed by atoms with Crippen LogP contribution in [0.15, 0.2) is 24.3 Å². The number of carbonyl (C=O) groups excluding carboxylic acids is 3. The molecular formula is C43H76O8. The summed E-state index contributed by atoms with van der Waals surface area (Å²) in [6.45, 7) is 6.33. The predicted octanol–water partition coefficient (Wildman–Crippen LogP) is 9.51. The lowest BCUT2D eigenvalue weighted by Gasteiger charge is -2.17. The predicted molar refractivity (Wildman–Crippen MR) is 206 cm³/mol. The molecule has 0 aromatic carbocycles. The van der Waals surface area contributed by atoms with Gasteiger partial charge < -0.3 is 24.8 Å². The van der Waals surface area contributed by atoms with E-state index >= 15 is 0 Å². The highest BCUT2D eigenvalue weighted by Crippen LogP contribution is 2.33. The molecule has 0 saturated heterocycles. The van der Waals surface area contributed by atoms with Crippen LogP contribution in [0, 0.1) is 17.8 Å². The molecule has 1 aliphatic rings. The normalized spacial score (nSPS) is 19.0. The Labute approximate surface area is 311 Å². The monoisotopic (exact) mass is 721 g/mol. The van der Waals surface area contributed by atoms with Gasteiger partial charge >= 0.3 is 11.9 Å². The highest BCUT2D eigenvalue weighted by Gasteiger charge is 2.39. The van der Waals surface area contributed by atoms with Crippen molar-refractivity contribution in [3.8, 4) is 0 Å². The van der Waals surface area contributed by atoms with Crippen LogP contribution in [0.4, 0.5) is 0 Å². The van der Waals surface area contributed by atoms with Gasteiger partial charge in [0, 0.05) is 31.1 Å². The molecule has 0 radical (unpaired) electrons. The van der Waals surface area contributed by atoms with Gasteiger partial charge in [-0.05, 0) is 38.0 Å². The number of aliphatic hydroxyl groups excluding tert-OH is 3. The standard InChI is InChI=1S/C43H76O8/c1-4-5-20-26-36(44)30-31-39-38(40(46)32-41(39)47)27-22-18-19-24-29-43(49)51-34-37(45)33-50-42(48)28-23-17-15-13-11-9-7-6-8-10-12-14-16-21-25-35(2)3/h18,22,30-31,35-40,44-46H,4-17,19-21,23-29,32-34H2,1-3H3/b22-18-,31-30+/t36-,37+,38+,39+,40-/m0/s1. The van der Waals surface area contributed by atoms with E-state index in [1.807, 2.05) is 12.2 Å². The van der Waals surface area contributed by atoms with Gasteiger partial charge in [-0.3, -0.25) is 14.4 Å². The van der Waals surface area contributed by atoms with Gasteiger partial charge in [0.05, 0.1) is 12.2 Å². The van der Waals surface area contributed by atoms with Crippen molar-refractivity contribution in [2.24, 2.45) is 17.8 Å². The lowest BCUT2D eigenvalue weighted by molar-refractivity contribution is -0.152. The van der Waals surface area contributed by atoms with Crippen molar-refractivity contribution in [3.63, 3.8) is 0 Å². The maximum atomic E-state index is 12.4. The Kier molecular flexibility index (Phi) is 29.0. The number of rotatable bonds is 33. The Morgan fingerprint density at radius 2 is 1.24 bits per heavy atom. The second-order valence-electron chi connectivity index (χ2n) is 15.4. The smallest absolute Gasteiger partial charge is 0.305 e. The first kappa shape index (κ1) is 47.0. The number of esters is 2. The topological polar surface area (TPSA) is 130 Å². The van der Waals surface area contributed by atoms with Crippen LogP contribution in [0.3, 0.4) is 0 Å². The third kappa shape index (κ3) is 26.4. The average Bonchev–Trinajstić information content (AvgIpc) is 3.37. The van der Waals surface area contributed by atoms with Crippen LogP contribution in [0.5, 0.6) is 0 Å². The highest BCUT2D eigenvalue weighted by molar-refractivity contribution is 5.86. The molecular weight excluding hydrogens is 644 g/mol. The Bertz CT molecular complexity index is 944. The number of ketones is 1. The summed E-state index contributed by atoms with van der Waals surface area (Å²) in [4.78, 5) is 36.5.